The Kier molecular flexibility index (Phi) is 9.48. The molecular formula is C17H32N2. The van der Waals surface area contributed by atoms with Crippen molar-refractivity contribution in [3.8, 4) is 0 Å². The van der Waals surface area contributed by atoms with Crippen molar-refractivity contribution >= 4 is 0 Å². The Bertz CT molecular complexity index is 279. The standard InChI is InChI=1S/C17H32N2/c1-3-5-6-7-8-9-10-11-13-17(12-4-2)19-15-14-18-16-19/h14-17H,3-13H2,1-2H3. The van der Waals surface area contributed by atoms with Gasteiger partial charge >= 0.3 is 0 Å². The average Bonchev–Trinajstić information content (AvgIpc) is 2.94. The predicted molar refractivity (Wildman–Crippen MR) is 83.4 cm³/mol. The Morgan fingerprint density at radius 3 is 2.11 bits per heavy atom. The second-order valence-corrected chi connectivity index (χ2v) is 5.72. The first kappa shape index (κ1) is 16.3. The molecule has 0 amide bonds. The zero-order valence-electron chi connectivity index (χ0n) is 13.0. The molecule has 110 valence electrons. The topological polar surface area (TPSA) is 17.8 Å². The summed E-state index contributed by atoms with van der Waals surface area (Å²) < 4.78 is 2.30. The van der Waals surface area contributed by atoms with Crippen LogP contribution in [0.1, 0.15) is 90.5 Å². The molecule has 0 bridgehead atoms. The fraction of sp³-hybridized carbons (Fsp3) is 0.824. The van der Waals surface area contributed by atoms with Gasteiger partial charge in [0.05, 0.1) is 6.33 Å². The Morgan fingerprint density at radius 1 is 0.842 bits per heavy atom. The highest BCUT2D eigenvalue weighted by Crippen LogP contribution is 2.21. The van der Waals surface area contributed by atoms with Crippen molar-refractivity contribution in [1.29, 1.82) is 0 Å². The summed E-state index contributed by atoms with van der Waals surface area (Å²) >= 11 is 0. The van der Waals surface area contributed by atoms with Crippen molar-refractivity contribution < 1.29 is 0 Å². The molecule has 19 heavy (non-hydrogen) atoms. The molecule has 2 nitrogen and oxygen atoms in total. The molecule has 1 rings (SSSR count). The van der Waals surface area contributed by atoms with Crippen LogP contribution in [0.2, 0.25) is 0 Å². The lowest BCUT2D eigenvalue weighted by atomic mass is 10.0. The number of rotatable bonds is 12. The van der Waals surface area contributed by atoms with Crippen molar-refractivity contribution in [3.05, 3.63) is 18.7 Å². The van der Waals surface area contributed by atoms with Gasteiger partial charge in [-0.05, 0) is 12.8 Å². The second-order valence-electron chi connectivity index (χ2n) is 5.72. The number of aromatic nitrogens is 2. The highest BCUT2D eigenvalue weighted by molar-refractivity contribution is 4.80. The Balaban J connectivity index is 2.06. The van der Waals surface area contributed by atoms with Crippen LogP contribution in [0.25, 0.3) is 0 Å². The largest absolute Gasteiger partial charge is 0.334 e. The zero-order valence-corrected chi connectivity index (χ0v) is 13.0. The lowest BCUT2D eigenvalue weighted by Gasteiger charge is -2.17. The minimum atomic E-state index is 0.674. The Labute approximate surface area is 119 Å². The second kappa shape index (κ2) is 11.1. The van der Waals surface area contributed by atoms with Gasteiger partial charge in [0.15, 0.2) is 0 Å². The summed E-state index contributed by atoms with van der Waals surface area (Å²) in [5, 5.41) is 0. The molecule has 0 saturated carbocycles. The van der Waals surface area contributed by atoms with E-state index in [4.69, 9.17) is 0 Å². The van der Waals surface area contributed by atoms with E-state index in [0.717, 1.165) is 0 Å². The highest BCUT2D eigenvalue weighted by atomic mass is 15.0. The quantitative estimate of drug-likeness (QED) is 0.439. The summed E-state index contributed by atoms with van der Waals surface area (Å²) in [6.07, 6.45) is 21.1. The van der Waals surface area contributed by atoms with Gasteiger partial charge in [-0.3, -0.25) is 0 Å². The summed E-state index contributed by atoms with van der Waals surface area (Å²) in [6.45, 7) is 4.56. The third kappa shape index (κ3) is 7.39. The summed E-state index contributed by atoms with van der Waals surface area (Å²) in [6, 6.07) is 0.674. The number of unbranched alkanes of at least 4 members (excludes halogenated alkanes) is 7. The molecule has 1 atom stereocenters. The van der Waals surface area contributed by atoms with Crippen LogP contribution >= 0.6 is 0 Å². The van der Waals surface area contributed by atoms with E-state index >= 15 is 0 Å². The van der Waals surface area contributed by atoms with E-state index in [1.54, 1.807) is 0 Å². The number of nitrogens with zero attached hydrogens (tertiary/aromatic N) is 2. The molecule has 0 aliphatic carbocycles. The van der Waals surface area contributed by atoms with Crippen LogP contribution in [0.15, 0.2) is 18.7 Å². The molecule has 0 aromatic carbocycles. The predicted octanol–water partition coefficient (Wildman–Crippen LogP) is 5.76. The molecule has 0 aliphatic rings. The smallest absolute Gasteiger partial charge is 0.0948 e. The highest BCUT2D eigenvalue weighted by Gasteiger charge is 2.08. The van der Waals surface area contributed by atoms with Crippen LogP contribution in [0.3, 0.4) is 0 Å². The van der Waals surface area contributed by atoms with E-state index in [1.165, 1.54) is 70.6 Å². The van der Waals surface area contributed by atoms with Gasteiger partial charge in [-0.25, -0.2) is 4.98 Å². The van der Waals surface area contributed by atoms with Gasteiger partial charge in [-0.15, -0.1) is 0 Å². The lowest BCUT2D eigenvalue weighted by molar-refractivity contribution is 0.408. The van der Waals surface area contributed by atoms with Crippen LogP contribution in [0, 0.1) is 0 Å². The van der Waals surface area contributed by atoms with Gasteiger partial charge in [0, 0.05) is 18.4 Å². The fourth-order valence-corrected chi connectivity index (χ4v) is 2.77. The van der Waals surface area contributed by atoms with Gasteiger partial charge in [0.25, 0.3) is 0 Å². The van der Waals surface area contributed by atoms with Gasteiger partial charge in [0.2, 0.25) is 0 Å². The van der Waals surface area contributed by atoms with Crippen molar-refractivity contribution in [1.82, 2.24) is 9.55 Å². The average molecular weight is 264 g/mol. The summed E-state index contributed by atoms with van der Waals surface area (Å²) in [5.74, 6) is 0. The molecule has 0 saturated heterocycles. The van der Waals surface area contributed by atoms with E-state index in [9.17, 15) is 0 Å². The fourth-order valence-electron chi connectivity index (χ4n) is 2.77. The normalized spacial score (nSPS) is 12.7. The van der Waals surface area contributed by atoms with Gasteiger partial charge in [-0.1, -0.05) is 71.6 Å². The molecule has 0 fully saturated rings. The number of hydrogen-bond acceptors (Lipinski definition) is 1. The first-order chi connectivity index (χ1) is 9.38. The SMILES string of the molecule is CCCCCCCCCCC(CCC)n1ccnc1. The molecule has 1 aromatic rings. The maximum Gasteiger partial charge on any atom is 0.0948 e. The minimum absolute atomic E-state index is 0.674. The zero-order chi connectivity index (χ0) is 13.8. The minimum Gasteiger partial charge on any atom is -0.334 e. The van der Waals surface area contributed by atoms with Crippen LogP contribution in [-0.2, 0) is 0 Å². The molecule has 1 unspecified atom stereocenters. The van der Waals surface area contributed by atoms with Gasteiger partial charge in [0.1, 0.15) is 0 Å². The molecule has 1 heterocycles. The molecule has 2 heteroatoms. The van der Waals surface area contributed by atoms with Crippen molar-refractivity contribution in [3.63, 3.8) is 0 Å². The van der Waals surface area contributed by atoms with E-state index in [-0.39, 0.29) is 0 Å². The lowest BCUT2D eigenvalue weighted by Crippen LogP contribution is -2.06. The number of imidazole rings is 1. The Hall–Kier alpha value is -0.790. The van der Waals surface area contributed by atoms with Crippen LogP contribution in [0.5, 0.6) is 0 Å². The van der Waals surface area contributed by atoms with Crippen molar-refractivity contribution in [2.24, 2.45) is 0 Å². The maximum absolute atomic E-state index is 4.17. The van der Waals surface area contributed by atoms with Gasteiger partial charge < -0.3 is 4.57 Å². The molecule has 1 aromatic heterocycles. The van der Waals surface area contributed by atoms with Crippen LogP contribution in [-0.4, -0.2) is 9.55 Å². The third-order valence-corrected chi connectivity index (χ3v) is 3.96. The first-order valence-electron chi connectivity index (χ1n) is 8.36. The maximum atomic E-state index is 4.17. The summed E-state index contributed by atoms with van der Waals surface area (Å²) in [7, 11) is 0. The molecule has 0 radical (unpaired) electrons. The molecular weight excluding hydrogens is 232 g/mol. The van der Waals surface area contributed by atoms with Crippen LogP contribution in [0.4, 0.5) is 0 Å². The monoisotopic (exact) mass is 264 g/mol. The molecule has 0 spiro atoms. The van der Waals surface area contributed by atoms with E-state index in [2.05, 4.69) is 29.6 Å². The summed E-state index contributed by atoms with van der Waals surface area (Å²) in [4.78, 5) is 4.17. The van der Waals surface area contributed by atoms with Gasteiger partial charge in [-0.2, -0.15) is 0 Å². The van der Waals surface area contributed by atoms with E-state index in [0.29, 0.717) is 6.04 Å². The third-order valence-electron chi connectivity index (χ3n) is 3.96. The summed E-state index contributed by atoms with van der Waals surface area (Å²) in [5.41, 5.74) is 0. The first-order valence-corrected chi connectivity index (χ1v) is 8.36. The molecule has 0 aliphatic heterocycles. The van der Waals surface area contributed by atoms with Crippen molar-refractivity contribution in [2.45, 2.75) is 90.5 Å². The van der Waals surface area contributed by atoms with E-state index in [1.807, 2.05) is 12.5 Å². The number of hydrogen-bond donors (Lipinski definition) is 0. The van der Waals surface area contributed by atoms with E-state index < -0.39 is 0 Å². The van der Waals surface area contributed by atoms with Crippen molar-refractivity contribution in [2.75, 3.05) is 0 Å². The molecule has 0 N–H and O–H groups in total. The van der Waals surface area contributed by atoms with Crippen LogP contribution < -0.4 is 0 Å². The Morgan fingerprint density at radius 2 is 1.53 bits per heavy atom.